The summed E-state index contributed by atoms with van der Waals surface area (Å²) >= 11 is 1.84. The molecule has 0 aromatic rings. The number of carbonyl (C=O) groups is 2. The van der Waals surface area contributed by atoms with Crippen molar-refractivity contribution in [2.24, 2.45) is 5.92 Å². The van der Waals surface area contributed by atoms with Crippen LogP contribution in [0, 0.1) is 5.92 Å². The topological polar surface area (TPSA) is 66.4 Å². The summed E-state index contributed by atoms with van der Waals surface area (Å²) in [5, 5.41) is 11.4. The average molecular weight is 231 g/mol. The summed E-state index contributed by atoms with van der Waals surface area (Å²) < 4.78 is 0. The van der Waals surface area contributed by atoms with Crippen LogP contribution in [0.15, 0.2) is 0 Å². The van der Waals surface area contributed by atoms with E-state index in [1.807, 2.05) is 11.8 Å². The molecule has 0 bridgehead atoms. The molecule has 0 aliphatic carbocycles. The van der Waals surface area contributed by atoms with Crippen molar-refractivity contribution in [1.29, 1.82) is 0 Å². The lowest BCUT2D eigenvalue weighted by Gasteiger charge is -2.26. The van der Waals surface area contributed by atoms with Crippen LogP contribution in [0.1, 0.15) is 26.7 Å². The molecule has 1 aliphatic rings. The normalized spacial score (nSPS) is 18.5. The van der Waals surface area contributed by atoms with Crippen molar-refractivity contribution >= 4 is 23.6 Å². The van der Waals surface area contributed by atoms with Crippen molar-refractivity contribution in [2.45, 2.75) is 32.2 Å². The maximum atomic E-state index is 11.7. The molecule has 5 heteroatoms. The molecule has 1 saturated heterocycles. The molecule has 1 rings (SSSR count). The summed E-state index contributed by atoms with van der Waals surface area (Å²) in [6, 6.07) is 0. The van der Waals surface area contributed by atoms with Crippen molar-refractivity contribution in [3.05, 3.63) is 0 Å². The lowest BCUT2D eigenvalue weighted by Crippen LogP contribution is -2.51. The fraction of sp³-hybridized carbons (Fsp3) is 0.800. The SMILES string of the molecule is CC(C)(NC(=O)C1CCSCC1)C(=O)O. The quantitative estimate of drug-likeness (QED) is 0.763. The summed E-state index contributed by atoms with van der Waals surface area (Å²) in [6.07, 6.45) is 1.71. The number of thioether (sulfide) groups is 1. The summed E-state index contributed by atoms with van der Waals surface area (Å²) in [4.78, 5) is 22.6. The summed E-state index contributed by atoms with van der Waals surface area (Å²) in [7, 11) is 0. The second-order valence-corrected chi connectivity index (χ2v) is 5.53. The number of carbonyl (C=O) groups excluding carboxylic acids is 1. The molecule has 4 nitrogen and oxygen atoms in total. The van der Waals surface area contributed by atoms with Gasteiger partial charge in [-0.05, 0) is 38.2 Å². The van der Waals surface area contributed by atoms with Crippen molar-refractivity contribution < 1.29 is 14.7 Å². The fourth-order valence-corrected chi connectivity index (χ4v) is 2.53. The molecule has 0 aromatic heterocycles. The molecule has 86 valence electrons. The van der Waals surface area contributed by atoms with Crippen LogP contribution in [0.3, 0.4) is 0 Å². The standard InChI is InChI=1S/C10H17NO3S/c1-10(2,9(13)14)11-8(12)7-3-5-15-6-4-7/h7H,3-6H2,1-2H3,(H,11,12)(H,13,14). The van der Waals surface area contributed by atoms with Gasteiger partial charge >= 0.3 is 5.97 Å². The van der Waals surface area contributed by atoms with Gasteiger partial charge in [0.2, 0.25) is 5.91 Å². The molecule has 0 radical (unpaired) electrons. The first-order valence-electron chi connectivity index (χ1n) is 5.06. The Kier molecular flexibility index (Phi) is 4.02. The first kappa shape index (κ1) is 12.4. The highest BCUT2D eigenvalue weighted by Gasteiger charge is 2.32. The van der Waals surface area contributed by atoms with Crippen LogP contribution in [-0.2, 0) is 9.59 Å². The lowest BCUT2D eigenvalue weighted by atomic mass is 9.99. The molecule has 0 saturated carbocycles. The minimum atomic E-state index is -1.17. The van der Waals surface area contributed by atoms with Crippen LogP contribution < -0.4 is 5.32 Å². The molecule has 15 heavy (non-hydrogen) atoms. The predicted octanol–water partition coefficient (Wildman–Crippen LogP) is 1.11. The van der Waals surface area contributed by atoms with E-state index in [0.29, 0.717) is 0 Å². The zero-order valence-corrected chi connectivity index (χ0v) is 9.89. The molecule has 0 spiro atoms. The Bertz CT molecular complexity index is 259. The number of hydrogen-bond acceptors (Lipinski definition) is 3. The molecule has 1 amide bonds. The zero-order chi connectivity index (χ0) is 11.5. The van der Waals surface area contributed by atoms with Gasteiger partial charge in [-0.25, -0.2) is 4.79 Å². The van der Waals surface area contributed by atoms with Crippen molar-refractivity contribution in [1.82, 2.24) is 5.32 Å². The van der Waals surface area contributed by atoms with E-state index in [-0.39, 0.29) is 11.8 Å². The van der Waals surface area contributed by atoms with Gasteiger partial charge in [0, 0.05) is 5.92 Å². The highest BCUT2D eigenvalue weighted by atomic mass is 32.2. The third-order valence-electron chi connectivity index (χ3n) is 2.56. The van der Waals surface area contributed by atoms with Gasteiger partial charge in [0.05, 0.1) is 0 Å². The highest BCUT2D eigenvalue weighted by molar-refractivity contribution is 7.99. The Balaban J connectivity index is 2.50. The minimum absolute atomic E-state index is 0.00938. The molecule has 2 N–H and O–H groups in total. The number of carboxylic acid groups (broad SMARTS) is 1. The second kappa shape index (κ2) is 4.88. The highest BCUT2D eigenvalue weighted by Crippen LogP contribution is 2.23. The van der Waals surface area contributed by atoms with Crippen molar-refractivity contribution in [2.75, 3.05) is 11.5 Å². The zero-order valence-electron chi connectivity index (χ0n) is 9.08. The molecular weight excluding hydrogens is 214 g/mol. The number of hydrogen-bond donors (Lipinski definition) is 2. The maximum Gasteiger partial charge on any atom is 0.328 e. The summed E-state index contributed by atoms with van der Waals surface area (Å²) in [5.74, 6) is 0.852. The van der Waals surface area contributed by atoms with E-state index in [0.717, 1.165) is 24.3 Å². The molecular formula is C10H17NO3S. The third-order valence-corrected chi connectivity index (χ3v) is 3.61. The fourth-order valence-electron chi connectivity index (χ4n) is 1.42. The number of aliphatic carboxylic acids is 1. The average Bonchev–Trinajstić information content (AvgIpc) is 2.18. The van der Waals surface area contributed by atoms with E-state index in [1.54, 1.807) is 0 Å². The second-order valence-electron chi connectivity index (χ2n) is 4.31. The monoisotopic (exact) mass is 231 g/mol. The molecule has 1 fully saturated rings. The lowest BCUT2D eigenvalue weighted by molar-refractivity contribution is -0.146. The molecule has 0 aromatic carbocycles. The van der Waals surface area contributed by atoms with E-state index in [2.05, 4.69) is 5.32 Å². The first-order chi connectivity index (χ1) is 6.93. The van der Waals surface area contributed by atoms with E-state index in [1.165, 1.54) is 13.8 Å². The molecule has 1 aliphatic heterocycles. The Morgan fingerprint density at radius 3 is 2.33 bits per heavy atom. The Morgan fingerprint density at radius 2 is 1.87 bits per heavy atom. The van der Waals surface area contributed by atoms with Crippen LogP contribution in [0.25, 0.3) is 0 Å². The molecule has 0 unspecified atom stereocenters. The van der Waals surface area contributed by atoms with Crippen LogP contribution in [0.5, 0.6) is 0 Å². The first-order valence-corrected chi connectivity index (χ1v) is 6.22. The van der Waals surface area contributed by atoms with Crippen molar-refractivity contribution in [3.8, 4) is 0 Å². The Morgan fingerprint density at radius 1 is 1.33 bits per heavy atom. The third kappa shape index (κ3) is 3.41. The van der Waals surface area contributed by atoms with E-state index < -0.39 is 11.5 Å². The summed E-state index contributed by atoms with van der Waals surface area (Å²) in [5.41, 5.74) is -1.17. The van der Waals surface area contributed by atoms with Gasteiger partial charge in [0.25, 0.3) is 0 Å². The van der Waals surface area contributed by atoms with E-state index in [9.17, 15) is 9.59 Å². The summed E-state index contributed by atoms with van der Waals surface area (Å²) in [6.45, 7) is 3.01. The van der Waals surface area contributed by atoms with Gasteiger partial charge in [0.15, 0.2) is 0 Å². The maximum absolute atomic E-state index is 11.7. The van der Waals surface area contributed by atoms with Crippen LogP contribution in [0.4, 0.5) is 0 Å². The van der Waals surface area contributed by atoms with Gasteiger partial charge in [-0.2, -0.15) is 11.8 Å². The van der Waals surface area contributed by atoms with Gasteiger partial charge in [-0.3, -0.25) is 4.79 Å². The Labute approximate surface area is 93.8 Å². The Hall–Kier alpha value is -0.710. The smallest absolute Gasteiger partial charge is 0.328 e. The van der Waals surface area contributed by atoms with Crippen LogP contribution >= 0.6 is 11.8 Å². The van der Waals surface area contributed by atoms with E-state index >= 15 is 0 Å². The van der Waals surface area contributed by atoms with Crippen LogP contribution in [0.2, 0.25) is 0 Å². The van der Waals surface area contributed by atoms with Crippen molar-refractivity contribution in [3.63, 3.8) is 0 Å². The number of amides is 1. The number of carboxylic acids is 1. The van der Waals surface area contributed by atoms with Gasteiger partial charge in [0.1, 0.15) is 5.54 Å². The van der Waals surface area contributed by atoms with Gasteiger partial charge in [-0.15, -0.1) is 0 Å². The minimum Gasteiger partial charge on any atom is -0.480 e. The van der Waals surface area contributed by atoms with Gasteiger partial charge in [-0.1, -0.05) is 0 Å². The van der Waals surface area contributed by atoms with Gasteiger partial charge < -0.3 is 10.4 Å². The van der Waals surface area contributed by atoms with E-state index in [4.69, 9.17) is 5.11 Å². The largest absolute Gasteiger partial charge is 0.480 e. The molecule has 1 heterocycles. The number of rotatable bonds is 3. The number of nitrogens with one attached hydrogen (secondary N) is 1. The molecule has 0 atom stereocenters. The predicted molar refractivity (Wildman–Crippen MR) is 59.9 cm³/mol. The van der Waals surface area contributed by atoms with Crippen LogP contribution in [-0.4, -0.2) is 34.0 Å².